The van der Waals surface area contributed by atoms with Crippen LogP contribution in [0.15, 0.2) is 12.1 Å². The number of hydrogen-bond acceptors (Lipinski definition) is 5. The number of pyridine rings is 1. The van der Waals surface area contributed by atoms with Crippen LogP contribution in [-0.4, -0.2) is 33.6 Å². The smallest absolute Gasteiger partial charge is 0.354 e. The highest BCUT2D eigenvalue weighted by Gasteiger charge is 2.32. The number of carbonyl (C=O) groups is 1. The van der Waals surface area contributed by atoms with Crippen LogP contribution in [0.25, 0.3) is 0 Å². The molecular formula is C13H19N3O2S. The van der Waals surface area contributed by atoms with Crippen molar-refractivity contribution in [3.05, 3.63) is 17.8 Å². The van der Waals surface area contributed by atoms with E-state index in [1.54, 1.807) is 6.07 Å². The van der Waals surface area contributed by atoms with Crippen LogP contribution in [0.1, 0.15) is 36.2 Å². The first-order valence-corrected chi connectivity index (χ1v) is 7.58. The number of carboxylic acids is 1. The van der Waals surface area contributed by atoms with Gasteiger partial charge in [-0.1, -0.05) is 12.8 Å². The van der Waals surface area contributed by atoms with Crippen molar-refractivity contribution in [1.29, 1.82) is 0 Å². The number of nitrogens with zero attached hydrogens (tertiary/aromatic N) is 1. The maximum absolute atomic E-state index is 10.9. The second-order valence-electron chi connectivity index (χ2n) is 4.89. The third-order valence-electron chi connectivity index (χ3n) is 3.67. The number of aromatic carboxylic acids is 1. The van der Waals surface area contributed by atoms with E-state index in [-0.39, 0.29) is 10.4 Å². The minimum Gasteiger partial charge on any atom is -0.477 e. The Balaban J connectivity index is 2.10. The van der Waals surface area contributed by atoms with Gasteiger partial charge in [0.25, 0.3) is 0 Å². The first kappa shape index (κ1) is 14.0. The van der Waals surface area contributed by atoms with Crippen LogP contribution in [-0.2, 0) is 0 Å². The molecule has 1 saturated carbocycles. The predicted molar refractivity (Wildman–Crippen MR) is 78.8 cm³/mol. The van der Waals surface area contributed by atoms with Crippen molar-refractivity contribution in [2.45, 2.75) is 30.4 Å². The lowest BCUT2D eigenvalue weighted by atomic mass is 10.1. The van der Waals surface area contributed by atoms with Crippen LogP contribution in [0.5, 0.6) is 0 Å². The van der Waals surface area contributed by atoms with Crippen LogP contribution in [0, 0.1) is 0 Å². The van der Waals surface area contributed by atoms with Gasteiger partial charge in [-0.25, -0.2) is 9.78 Å². The molecule has 5 nitrogen and oxygen atoms in total. The highest BCUT2D eigenvalue weighted by atomic mass is 32.2. The molecule has 0 spiro atoms. The summed E-state index contributed by atoms with van der Waals surface area (Å²) in [5.74, 6) is -0.566. The Hall–Kier alpha value is -1.43. The minimum atomic E-state index is -1.04. The van der Waals surface area contributed by atoms with Gasteiger partial charge in [0.05, 0.1) is 5.69 Å². The third kappa shape index (κ3) is 3.12. The van der Waals surface area contributed by atoms with Gasteiger partial charge in [0.2, 0.25) is 0 Å². The number of aromatic nitrogens is 1. The molecule has 1 heterocycles. The number of nitrogen functional groups attached to an aromatic ring is 1. The Bertz CT molecular complexity index is 473. The molecule has 104 valence electrons. The molecular weight excluding hydrogens is 262 g/mol. The SMILES string of the molecule is CSC1(CNc2nc(C(=O)O)ccc2N)CCCC1. The van der Waals surface area contributed by atoms with Gasteiger partial charge in [0, 0.05) is 11.3 Å². The van der Waals surface area contributed by atoms with Crippen molar-refractivity contribution in [3.8, 4) is 0 Å². The average Bonchev–Trinajstić information content (AvgIpc) is 2.87. The molecule has 19 heavy (non-hydrogen) atoms. The molecule has 0 bridgehead atoms. The molecule has 2 rings (SSSR count). The third-order valence-corrected chi connectivity index (χ3v) is 5.09. The molecule has 0 saturated heterocycles. The summed E-state index contributed by atoms with van der Waals surface area (Å²) in [4.78, 5) is 15.0. The van der Waals surface area contributed by atoms with E-state index in [9.17, 15) is 4.79 Å². The Kier molecular flexibility index (Phi) is 4.19. The summed E-state index contributed by atoms with van der Waals surface area (Å²) in [6.45, 7) is 0.772. The molecule has 1 aliphatic rings. The zero-order valence-electron chi connectivity index (χ0n) is 11.0. The van der Waals surface area contributed by atoms with E-state index in [1.165, 1.54) is 31.7 Å². The molecule has 0 radical (unpaired) electrons. The molecule has 1 aromatic heterocycles. The number of rotatable bonds is 5. The largest absolute Gasteiger partial charge is 0.477 e. The first-order valence-electron chi connectivity index (χ1n) is 6.35. The Labute approximate surface area is 117 Å². The highest BCUT2D eigenvalue weighted by molar-refractivity contribution is 8.00. The molecule has 1 fully saturated rings. The summed E-state index contributed by atoms with van der Waals surface area (Å²) in [6, 6.07) is 3.00. The normalized spacial score (nSPS) is 17.3. The van der Waals surface area contributed by atoms with Gasteiger partial charge >= 0.3 is 5.97 Å². The van der Waals surface area contributed by atoms with E-state index in [4.69, 9.17) is 10.8 Å². The van der Waals surface area contributed by atoms with Gasteiger partial charge < -0.3 is 16.2 Å². The quantitative estimate of drug-likeness (QED) is 0.768. The van der Waals surface area contributed by atoms with E-state index in [2.05, 4.69) is 16.6 Å². The number of anilines is 2. The van der Waals surface area contributed by atoms with Crippen LogP contribution >= 0.6 is 11.8 Å². The van der Waals surface area contributed by atoms with Crippen LogP contribution < -0.4 is 11.1 Å². The van der Waals surface area contributed by atoms with Gasteiger partial charge in [-0.05, 0) is 31.2 Å². The van der Waals surface area contributed by atoms with Crippen LogP contribution in [0.4, 0.5) is 11.5 Å². The predicted octanol–water partition coefficient (Wildman–Crippen LogP) is 2.45. The van der Waals surface area contributed by atoms with Crippen molar-refractivity contribution in [2.24, 2.45) is 0 Å². The van der Waals surface area contributed by atoms with Gasteiger partial charge in [0.1, 0.15) is 5.82 Å². The number of nitrogens with one attached hydrogen (secondary N) is 1. The number of nitrogens with two attached hydrogens (primary N) is 1. The molecule has 0 unspecified atom stereocenters. The summed E-state index contributed by atoms with van der Waals surface area (Å²) >= 11 is 1.87. The van der Waals surface area contributed by atoms with Crippen molar-refractivity contribution >= 4 is 29.2 Å². The molecule has 4 N–H and O–H groups in total. The number of hydrogen-bond donors (Lipinski definition) is 3. The fourth-order valence-corrected chi connectivity index (χ4v) is 3.36. The lowest BCUT2D eigenvalue weighted by molar-refractivity contribution is 0.0690. The average molecular weight is 281 g/mol. The summed E-state index contributed by atoms with van der Waals surface area (Å²) in [5, 5.41) is 12.2. The van der Waals surface area contributed by atoms with Crippen molar-refractivity contribution in [1.82, 2.24) is 4.98 Å². The Morgan fingerprint density at radius 1 is 1.53 bits per heavy atom. The van der Waals surface area contributed by atoms with Crippen LogP contribution in [0.2, 0.25) is 0 Å². The Morgan fingerprint density at radius 3 is 2.79 bits per heavy atom. The maximum atomic E-state index is 10.9. The topological polar surface area (TPSA) is 88.2 Å². The zero-order chi connectivity index (χ0) is 13.9. The van der Waals surface area contributed by atoms with Gasteiger partial charge in [-0.3, -0.25) is 0 Å². The molecule has 0 aromatic carbocycles. The number of carboxylic acid groups (broad SMARTS) is 1. The molecule has 0 aliphatic heterocycles. The van der Waals surface area contributed by atoms with Crippen molar-refractivity contribution in [3.63, 3.8) is 0 Å². The van der Waals surface area contributed by atoms with E-state index in [0.717, 1.165) is 6.54 Å². The molecule has 1 aliphatic carbocycles. The summed E-state index contributed by atoms with van der Waals surface area (Å²) in [7, 11) is 0. The molecule has 1 aromatic rings. The van der Waals surface area contributed by atoms with E-state index >= 15 is 0 Å². The fraction of sp³-hybridized carbons (Fsp3) is 0.538. The van der Waals surface area contributed by atoms with Crippen molar-refractivity contribution in [2.75, 3.05) is 23.9 Å². The second-order valence-corrected chi connectivity index (χ2v) is 6.16. The molecule has 6 heteroatoms. The standard InChI is InChI=1S/C13H19N3O2S/c1-19-13(6-2-3-7-13)8-15-11-9(14)4-5-10(16-11)12(17)18/h4-5H,2-3,6-8,14H2,1H3,(H,15,16)(H,17,18). The maximum Gasteiger partial charge on any atom is 0.354 e. The van der Waals surface area contributed by atoms with Crippen LogP contribution in [0.3, 0.4) is 0 Å². The van der Waals surface area contributed by atoms with E-state index in [0.29, 0.717) is 11.5 Å². The fourth-order valence-electron chi connectivity index (χ4n) is 2.45. The monoisotopic (exact) mass is 281 g/mol. The lowest BCUT2D eigenvalue weighted by Crippen LogP contribution is -2.30. The van der Waals surface area contributed by atoms with Gasteiger partial charge in [0.15, 0.2) is 5.69 Å². The van der Waals surface area contributed by atoms with Gasteiger partial charge in [-0.15, -0.1) is 0 Å². The molecule has 0 atom stereocenters. The van der Waals surface area contributed by atoms with Crippen molar-refractivity contribution < 1.29 is 9.90 Å². The van der Waals surface area contributed by atoms with E-state index in [1.807, 2.05) is 11.8 Å². The summed E-state index contributed by atoms with van der Waals surface area (Å²) in [6.07, 6.45) is 6.98. The minimum absolute atomic E-state index is 0.0151. The molecule has 0 amide bonds. The lowest BCUT2D eigenvalue weighted by Gasteiger charge is -2.27. The highest BCUT2D eigenvalue weighted by Crippen LogP contribution is 2.40. The van der Waals surface area contributed by atoms with Gasteiger partial charge in [-0.2, -0.15) is 11.8 Å². The number of thioether (sulfide) groups is 1. The zero-order valence-corrected chi connectivity index (χ0v) is 11.8. The first-order chi connectivity index (χ1) is 9.06. The summed E-state index contributed by atoms with van der Waals surface area (Å²) in [5.41, 5.74) is 6.33. The Morgan fingerprint density at radius 2 is 2.21 bits per heavy atom. The summed E-state index contributed by atoms with van der Waals surface area (Å²) < 4.78 is 0.230. The second kappa shape index (κ2) is 5.69. The van der Waals surface area contributed by atoms with E-state index < -0.39 is 5.97 Å².